The van der Waals surface area contributed by atoms with Gasteiger partial charge in [0.25, 0.3) is 0 Å². The predicted molar refractivity (Wildman–Crippen MR) is 121 cm³/mol. The van der Waals surface area contributed by atoms with Crippen LogP contribution in [-0.2, 0) is 0 Å². The summed E-state index contributed by atoms with van der Waals surface area (Å²) < 4.78 is 13.4. The molecule has 0 fully saturated rings. The molecule has 0 spiro atoms. The number of hydrogen-bond acceptors (Lipinski definition) is 3. The fraction of sp³-hybridized carbons (Fsp3) is 0.115. The maximum absolute atomic E-state index is 13.0. The number of pyridine rings is 1. The smallest absolute Gasteiger partial charge is 0.185 e. The van der Waals surface area contributed by atoms with Crippen molar-refractivity contribution in [3.8, 4) is 39.7 Å². The van der Waals surface area contributed by atoms with Gasteiger partial charge in [-0.2, -0.15) is 0 Å². The Balaban J connectivity index is 2.19. The van der Waals surface area contributed by atoms with Gasteiger partial charge in [-0.05, 0) is 30.2 Å². The third kappa shape index (κ3) is 3.37. The van der Waals surface area contributed by atoms with Crippen molar-refractivity contribution in [2.75, 3.05) is 14.2 Å². The molecule has 1 aromatic heterocycles. The maximum atomic E-state index is 13.0. The first-order valence-electron chi connectivity index (χ1n) is 9.74. The number of rotatable bonds is 5. The highest BCUT2D eigenvalue weighted by Gasteiger charge is 2.21. The monoisotopic (exact) mass is 397 g/mol. The van der Waals surface area contributed by atoms with E-state index in [-0.39, 0.29) is 5.43 Å². The molecule has 4 nitrogen and oxygen atoms in total. The minimum absolute atomic E-state index is 0.00850. The molecule has 0 atom stereocenters. The van der Waals surface area contributed by atoms with Crippen molar-refractivity contribution >= 4 is 0 Å². The molecule has 0 aliphatic rings. The number of nitrogens with zero attached hydrogens (tertiary/aromatic N) is 1. The molecule has 0 aliphatic heterocycles. The molecular formula is C26H23NO3. The van der Waals surface area contributed by atoms with Crippen molar-refractivity contribution in [3.63, 3.8) is 0 Å². The van der Waals surface area contributed by atoms with E-state index < -0.39 is 0 Å². The molecule has 4 heteroatoms. The van der Waals surface area contributed by atoms with Gasteiger partial charge in [0.2, 0.25) is 0 Å². The van der Waals surface area contributed by atoms with Gasteiger partial charge in [-0.15, -0.1) is 0 Å². The molecule has 4 aromatic rings. The fourth-order valence-electron chi connectivity index (χ4n) is 3.76. The third-order valence-corrected chi connectivity index (χ3v) is 5.20. The quantitative estimate of drug-likeness (QED) is 0.447. The maximum Gasteiger partial charge on any atom is 0.185 e. The van der Waals surface area contributed by atoms with E-state index in [1.807, 2.05) is 85.8 Å². The van der Waals surface area contributed by atoms with Crippen LogP contribution in [0.5, 0.6) is 11.5 Å². The van der Waals surface area contributed by atoms with Crippen LogP contribution < -0.4 is 14.9 Å². The lowest BCUT2D eigenvalue weighted by Gasteiger charge is -2.23. The Bertz CT molecular complexity index is 1230. The summed E-state index contributed by atoms with van der Waals surface area (Å²) in [5.41, 5.74) is 4.98. The van der Waals surface area contributed by atoms with Gasteiger partial charge in [-0.1, -0.05) is 66.7 Å². The zero-order valence-electron chi connectivity index (χ0n) is 17.3. The number of benzene rings is 3. The molecule has 0 unspecified atom stereocenters. The van der Waals surface area contributed by atoms with Crippen LogP contribution in [0.3, 0.4) is 0 Å². The highest BCUT2D eigenvalue weighted by atomic mass is 16.5. The lowest BCUT2D eigenvalue weighted by Crippen LogP contribution is -2.16. The van der Waals surface area contributed by atoms with Gasteiger partial charge < -0.3 is 14.0 Å². The van der Waals surface area contributed by atoms with Crippen LogP contribution >= 0.6 is 0 Å². The Morgan fingerprint density at radius 2 is 1.37 bits per heavy atom. The van der Waals surface area contributed by atoms with E-state index in [1.165, 1.54) is 0 Å². The van der Waals surface area contributed by atoms with E-state index in [2.05, 4.69) is 4.57 Å². The lowest BCUT2D eigenvalue weighted by molar-refractivity contribution is 0.354. The first kappa shape index (κ1) is 19.5. The van der Waals surface area contributed by atoms with Gasteiger partial charge >= 0.3 is 0 Å². The van der Waals surface area contributed by atoms with Crippen molar-refractivity contribution < 1.29 is 9.47 Å². The third-order valence-electron chi connectivity index (χ3n) is 5.20. The van der Waals surface area contributed by atoms with E-state index >= 15 is 0 Å². The summed E-state index contributed by atoms with van der Waals surface area (Å²) in [5, 5.41) is 0. The number of methoxy groups -OCH3 is 2. The highest BCUT2D eigenvalue weighted by Crippen LogP contribution is 2.39. The summed E-state index contributed by atoms with van der Waals surface area (Å²) in [6, 6.07) is 27.3. The summed E-state index contributed by atoms with van der Waals surface area (Å²) in [5.74, 6) is 1.24. The summed E-state index contributed by atoms with van der Waals surface area (Å²) in [6.45, 7) is 1.86. The zero-order chi connectivity index (χ0) is 21.1. The van der Waals surface area contributed by atoms with E-state index in [0.29, 0.717) is 17.1 Å². The molecule has 0 saturated heterocycles. The van der Waals surface area contributed by atoms with Crippen molar-refractivity contribution in [3.05, 3.63) is 101 Å². The average Bonchev–Trinajstić information content (AvgIpc) is 2.81. The van der Waals surface area contributed by atoms with Crippen molar-refractivity contribution in [1.29, 1.82) is 0 Å². The normalized spacial score (nSPS) is 10.6. The van der Waals surface area contributed by atoms with Gasteiger partial charge in [-0.3, -0.25) is 4.79 Å². The molecule has 30 heavy (non-hydrogen) atoms. The van der Waals surface area contributed by atoms with Gasteiger partial charge in [0, 0.05) is 11.6 Å². The second-order valence-corrected chi connectivity index (χ2v) is 6.95. The number of aromatic nitrogens is 1. The van der Waals surface area contributed by atoms with Crippen molar-refractivity contribution in [1.82, 2.24) is 4.57 Å². The molecule has 0 radical (unpaired) electrons. The topological polar surface area (TPSA) is 40.5 Å². The average molecular weight is 397 g/mol. The highest BCUT2D eigenvalue weighted by molar-refractivity contribution is 5.75. The Hall–Kier alpha value is -3.79. The number of ether oxygens (including phenoxy) is 2. The van der Waals surface area contributed by atoms with Crippen LogP contribution in [0.15, 0.2) is 89.7 Å². The lowest BCUT2D eigenvalue weighted by atomic mass is 10.0. The van der Waals surface area contributed by atoms with Crippen LogP contribution in [0, 0.1) is 6.92 Å². The summed E-state index contributed by atoms with van der Waals surface area (Å²) in [7, 11) is 3.25. The molecule has 150 valence electrons. The van der Waals surface area contributed by atoms with Gasteiger partial charge in [0.05, 0.1) is 31.3 Å². The minimum atomic E-state index is -0.00850. The van der Waals surface area contributed by atoms with Crippen molar-refractivity contribution in [2.45, 2.75) is 6.92 Å². The van der Waals surface area contributed by atoms with Gasteiger partial charge in [-0.25, -0.2) is 0 Å². The first-order chi connectivity index (χ1) is 14.7. The molecule has 0 N–H and O–H groups in total. The van der Waals surface area contributed by atoms with Crippen LogP contribution in [-0.4, -0.2) is 18.8 Å². The molecule has 0 amide bonds. The summed E-state index contributed by atoms with van der Waals surface area (Å²) >= 11 is 0. The predicted octanol–water partition coefficient (Wildman–Crippen LogP) is 5.50. The van der Waals surface area contributed by atoms with Crippen molar-refractivity contribution in [2.24, 2.45) is 0 Å². The fourth-order valence-corrected chi connectivity index (χ4v) is 3.76. The Kier molecular flexibility index (Phi) is 5.40. The van der Waals surface area contributed by atoms with E-state index in [9.17, 15) is 4.79 Å². The molecule has 3 aromatic carbocycles. The van der Waals surface area contributed by atoms with Crippen LogP contribution in [0.2, 0.25) is 0 Å². The summed E-state index contributed by atoms with van der Waals surface area (Å²) in [6.07, 6.45) is 0. The standard InChI is InChI=1S/C26H23NO3/c1-18-23(28)17-22(19-11-6-4-7-12-19)27(25(18)20-13-8-5-9-14-20)21-15-10-16-24(29-2)26(21)30-3/h4-17H,1-3H3. The van der Waals surface area contributed by atoms with Crippen LogP contribution in [0.1, 0.15) is 5.56 Å². The number of hydrogen-bond donors (Lipinski definition) is 0. The van der Waals surface area contributed by atoms with Crippen LogP contribution in [0.4, 0.5) is 0 Å². The summed E-state index contributed by atoms with van der Waals surface area (Å²) in [4.78, 5) is 13.0. The number of para-hydroxylation sites is 1. The Labute approximate surface area is 176 Å². The van der Waals surface area contributed by atoms with E-state index in [0.717, 1.165) is 28.2 Å². The molecule has 0 aliphatic carbocycles. The minimum Gasteiger partial charge on any atom is -0.493 e. The SMILES string of the molecule is COc1cccc(-n2c(-c3ccccc3)cc(=O)c(C)c2-c2ccccc2)c1OC. The second-order valence-electron chi connectivity index (χ2n) is 6.95. The van der Waals surface area contributed by atoms with E-state index in [4.69, 9.17) is 9.47 Å². The Morgan fingerprint density at radius 1 is 0.733 bits per heavy atom. The molecular weight excluding hydrogens is 374 g/mol. The van der Waals surface area contributed by atoms with Gasteiger partial charge in [0.15, 0.2) is 16.9 Å². The molecule has 4 rings (SSSR count). The first-order valence-corrected chi connectivity index (χ1v) is 9.74. The Morgan fingerprint density at radius 3 is 1.97 bits per heavy atom. The van der Waals surface area contributed by atoms with E-state index in [1.54, 1.807) is 20.3 Å². The largest absolute Gasteiger partial charge is 0.493 e. The molecule has 0 saturated carbocycles. The second kappa shape index (κ2) is 8.29. The van der Waals surface area contributed by atoms with Gasteiger partial charge in [0.1, 0.15) is 0 Å². The molecule has 1 heterocycles. The molecule has 0 bridgehead atoms. The van der Waals surface area contributed by atoms with Crippen LogP contribution in [0.25, 0.3) is 28.2 Å². The zero-order valence-corrected chi connectivity index (χ0v) is 17.3.